The van der Waals surface area contributed by atoms with Crippen molar-refractivity contribution in [3.05, 3.63) is 63.6 Å². The highest BCUT2D eigenvalue weighted by Gasteiger charge is 2.31. The first-order valence-corrected chi connectivity index (χ1v) is 12.7. The van der Waals surface area contributed by atoms with Gasteiger partial charge in [-0.15, -0.1) is 0 Å². The largest absolute Gasteiger partial charge is 0.348 e. The van der Waals surface area contributed by atoms with E-state index in [1.165, 1.54) is 24.3 Å². The Morgan fingerprint density at radius 1 is 1.14 bits per heavy atom. The van der Waals surface area contributed by atoms with E-state index in [0.29, 0.717) is 15.6 Å². The van der Waals surface area contributed by atoms with Crippen molar-refractivity contribution in [3.63, 3.8) is 0 Å². The van der Waals surface area contributed by atoms with Crippen LogP contribution in [0.1, 0.15) is 22.3 Å². The third-order valence-electron chi connectivity index (χ3n) is 4.42. The van der Waals surface area contributed by atoms with Gasteiger partial charge in [-0.25, -0.2) is 21.6 Å². The summed E-state index contributed by atoms with van der Waals surface area (Å²) in [4.78, 5) is 12.3. The molecule has 0 aromatic heterocycles. The molecule has 0 radical (unpaired) electrons. The van der Waals surface area contributed by atoms with Gasteiger partial charge in [0.2, 0.25) is 10.0 Å². The molecule has 1 atom stereocenters. The second kappa shape index (κ2) is 8.61. The van der Waals surface area contributed by atoms with Gasteiger partial charge in [0, 0.05) is 28.2 Å². The van der Waals surface area contributed by atoms with Crippen molar-refractivity contribution in [2.24, 2.45) is 0 Å². The molecule has 1 fully saturated rings. The van der Waals surface area contributed by atoms with E-state index in [0.717, 1.165) is 0 Å². The standard InChI is InChI=1S/C18H18Cl2N2O5S2/c19-14-5-4-13(17(20)9-14)10-21-18(23)12-2-1-3-16(8-12)29(26,27)22-15-6-7-28(24,25)11-15/h1-5,8-9,15,22H,6-7,10-11H2,(H,21,23). The Bertz CT molecular complexity index is 1150. The fraction of sp³-hybridized carbons (Fsp3) is 0.278. The van der Waals surface area contributed by atoms with E-state index in [1.807, 2.05) is 0 Å². The minimum atomic E-state index is -3.96. The molecular weight excluding hydrogens is 459 g/mol. The molecule has 1 aliphatic rings. The van der Waals surface area contributed by atoms with Gasteiger partial charge < -0.3 is 5.32 Å². The van der Waals surface area contributed by atoms with E-state index >= 15 is 0 Å². The van der Waals surface area contributed by atoms with Crippen molar-refractivity contribution < 1.29 is 21.6 Å². The second-order valence-electron chi connectivity index (χ2n) is 6.67. The van der Waals surface area contributed by atoms with Crippen LogP contribution >= 0.6 is 23.2 Å². The van der Waals surface area contributed by atoms with Crippen LogP contribution in [0.4, 0.5) is 0 Å². The number of amides is 1. The maximum absolute atomic E-state index is 12.6. The van der Waals surface area contributed by atoms with Crippen molar-refractivity contribution in [1.29, 1.82) is 0 Å². The van der Waals surface area contributed by atoms with E-state index in [4.69, 9.17) is 23.2 Å². The van der Waals surface area contributed by atoms with Gasteiger partial charge in [-0.05, 0) is 42.3 Å². The average molecular weight is 477 g/mol. The number of sulfone groups is 1. The van der Waals surface area contributed by atoms with Crippen molar-refractivity contribution >= 4 is 49.0 Å². The lowest BCUT2D eigenvalue weighted by Gasteiger charge is -2.12. The minimum absolute atomic E-state index is 0.0457. The molecule has 2 aromatic carbocycles. The molecule has 0 saturated carbocycles. The van der Waals surface area contributed by atoms with E-state index in [1.54, 1.807) is 18.2 Å². The summed E-state index contributed by atoms with van der Waals surface area (Å²) in [7, 11) is -7.18. The molecule has 7 nitrogen and oxygen atoms in total. The second-order valence-corrected chi connectivity index (χ2v) is 11.5. The smallest absolute Gasteiger partial charge is 0.251 e. The molecule has 1 aliphatic heterocycles. The molecule has 0 bridgehead atoms. The number of carbonyl (C=O) groups excluding carboxylic acids is 1. The van der Waals surface area contributed by atoms with Gasteiger partial charge in [-0.3, -0.25) is 4.79 Å². The normalized spacial score (nSPS) is 18.5. The van der Waals surface area contributed by atoms with Crippen LogP contribution in [0.3, 0.4) is 0 Å². The fourth-order valence-electron chi connectivity index (χ4n) is 2.92. The lowest BCUT2D eigenvalue weighted by molar-refractivity contribution is 0.0950. The molecule has 1 saturated heterocycles. The molecule has 0 spiro atoms. The third kappa shape index (κ3) is 5.70. The molecular formula is C18H18Cl2N2O5S2. The van der Waals surface area contributed by atoms with Crippen LogP contribution in [0, 0.1) is 0 Å². The number of carbonyl (C=O) groups is 1. The van der Waals surface area contributed by atoms with Gasteiger partial charge in [0.15, 0.2) is 9.84 Å². The first-order valence-electron chi connectivity index (χ1n) is 8.61. The summed E-state index contributed by atoms with van der Waals surface area (Å²) in [6, 6.07) is 9.75. The number of sulfonamides is 1. The summed E-state index contributed by atoms with van der Waals surface area (Å²) < 4.78 is 50.6. The molecule has 1 unspecified atom stereocenters. The molecule has 156 valence electrons. The number of benzene rings is 2. The van der Waals surface area contributed by atoms with Crippen LogP contribution < -0.4 is 10.0 Å². The van der Waals surface area contributed by atoms with Crippen LogP contribution in [0.15, 0.2) is 47.4 Å². The van der Waals surface area contributed by atoms with Crippen molar-refractivity contribution in [1.82, 2.24) is 10.0 Å². The Labute approximate surface area is 179 Å². The molecule has 29 heavy (non-hydrogen) atoms. The molecule has 1 heterocycles. The quantitative estimate of drug-likeness (QED) is 0.664. The van der Waals surface area contributed by atoms with Crippen LogP contribution in [0.5, 0.6) is 0 Å². The van der Waals surface area contributed by atoms with Gasteiger partial charge in [-0.1, -0.05) is 35.3 Å². The van der Waals surface area contributed by atoms with Crippen LogP contribution in [-0.4, -0.2) is 40.3 Å². The molecule has 3 rings (SSSR count). The highest BCUT2D eigenvalue weighted by molar-refractivity contribution is 7.92. The molecule has 1 amide bonds. The fourth-order valence-corrected chi connectivity index (χ4v) is 6.49. The number of nitrogens with one attached hydrogen (secondary N) is 2. The van der Waals surface area contributed by atoms with Gasteiger partial charge >= 0.3 is 0 Å². The summed E-state index contributed by atoms with van der Waals surface area (Å²) in [5.74, 6) is -0.749. The number of hydrogen-bond acceptors (Lipinski definition) is 5. The monoisotopic (exact) mass is 476 g/mol. The van der Waals surface area contributed by atoms with E-state index < -0.39 is 31.8 Å². The lowest BCUT2D eigenvalue weighted by Crippen LogP contribution is -2.35. The van der Waals surface area contributed by atoms with Crippen LogP contribution in [0.2, 0.25) is 10.0 Å². The lowest BCUT2D eigenvalue weighted by atomic mass is 10.2. The third-order valence-corrected chi connectivity index (χ3v) is 8.29. The van der Waals surface area contributed by atoms with Gasteiger partial charge in [0.1, 0.15) is 0 Å². The highest BCUT2D eigenvalue weighted by atomic mass is 35.5. The van der Waals surface area contributed by atoms with E-state index in [2.05, 4.69) is 10.0 Å². The zero-order valence-electron chi connectivity index (χ0n) is 15.1. The molecule has 0 aliphatic carbocycles. The maximum atomic E-state index is 12.6. The van der Waals surface area contributed by atoms with E-state index in [-0.39, 0.29) is 34.9 Å². The summed E-state index contributed by atoms with van der Waals surface area (Å²) in [5, 5.41) is 3.56. The molecule has 2 N–H and O–H groups in total. The molecule has 11 heteroatoms. The van der Waals surface area contributed by atoms with Crippen molar-refractivity contribution in [3.8, 4) is 0 Å². The first kappa shape index (κ1) is 22.0. The zero-order chi connectivity index (χ0) is 21.2. The van der Waals surface area contributed by atoms with E-state index in [9.17, 15) is 21.6 Å². The SMILES string of the molecule is O=C(NCc1ccc(Cl)cc1Cl)c1cccc(S(=O)(=O)NC2CCS(=O)(=O)C2)c1. The number of hydrogen-bond donors (Lipinski definition) is 2. The summed E-state index contributed by atoms with van der Waals surface area (Å²) >= 11 is 11.9. The van der Waals surface area contributed by atoms with Gasteiger partial charge in [0.05, 0.1) is 16.4 Å². The van der Waals surface area contributed by atoms with Gasteiger partial charge in [-0.2, -0.15) is 0 Å². The van der Waals surface area contributed by atoms with Crippen LogP contribution in [0.25, 0.3) is 0 Å². The van der Waals surface area contributed by atoms with Crippen molar-refractivity contribution in [2.75, 3.05) is 11.5 Å². The minimum Gasteiger partial charge on any atom is -0.348 e. The highest BCUT2D eigenvalue weighted by Crippen LogP contribution is 2.21. The first-order chi connectivity index (χ1) is 13.6. The Hall–Kier alpha value is -1.65. The Morgan fingerprint density at radius 2 is 1.90 bits per heavy atom. The predicted molar refractivity (Wildman–Crippen MR) is 111 cm³/mol. The zero-order valence-corrected chi connectivity index (χ0v) is 18.2. The molecule has 2 aromatic rings. The topological polar surface area (TPSA) is 109 Å². The maximum Gasteiger partial charge on any atom is 0.251 e. The summed E-state index contributed by atoms with van der Waals surface area (Å²) in [6.07, 6.45) is 0.226. The summed E-state index contributed by atoms with van der Waals surface area (Å²) in [6.45, 7) is 0.143. The number of rotatable bonds is 6. The Kier molecular flexibility index (Phi) is 6.54. The van der Waals surface area contributed by atoms with Gasteiger partial charge in [0.25, 0.3) is 5.91 Å². The Morgan fingerprint density at radius 3 is 2.55 bits per heavy atom. The van der Waals surface area contributed by atoms with Crippen LogP contribution in [-0.2, 0) is 26.4 Å². The van der Waals surface area contributed by atoms with Crippen molar-refractivity contribution in [2.45, 2.75) is 23.9 Å². The number of halogens is 2. The predicted octanol–water partition coefficient (Wildman–Crippen LogP) is 2.39. The average Bonchev–Trinajstić information content (AvgIpc) is 2.98. The summed E-state index contributed by atoms with van der Waals surface area (Å²) in [5.41, 5.74) is 0.814. The Balaban J connectivity index is 1.70.